The van der Waals surface area contributed by atoms with Gasteiger partial charge in [0, 0.05) is 6.20 Å². The lowest BCUT2D eigenvalue weighted by Crippen LogP contribution is -2.31. The lowest BCUT2D eigenvalue weighted by molar-refractivity contribution is -0.137. The van der Waals surface area contributed by atoms with Crippen molar-refractivity contribution in [3.8, 4) is 0 Å². The maximum atomic E-state index is 12.4. The third kappa shape index (κ3) is 3.37. The molecule has 2 N–H and O–H groups in total. The van der Waals surface area contributed by atoms with Crippen LogP contribution in [0.4, 0.5) is 4.39 Å². The van der Waals surface area contributed by atoms with Crippen LogP contribution in [0, 0.1) is 0 Å². The molecule has 1 rings (SSSR count). The molecule has 0 aliphatic heterocycles. The minimum Gasteiger partial charge on any atom is -0.480 e. The van der Waals surface area contributed by atoms with Crippen molar-refractivity contribution < 1.29 is 14.3 Å². The number of H-pyrrole nitrogens is 1. The number of hydrogen-bond acceptors (Lipinski definition) is 3. The second kappa shape index (κ2) is 4.54. The lowest BCUT2D eigenvalue weighted by Gasteiger charge is -2.00. The number of carboxylic acids is 1. The van der Waals surface area contributed by atoms with Crippen LogP contribution in [0.2, 0.25) is 0 Å². The van der Waals surface area contributed by atoms with E-state index < -0.39 is 24.5 Å². The minimum atomic E-state index is -1.42. The van der Waals surface area contributed by atoms with Crippen LogP contribution in [0.5, 0.6) is 0 Å². The van der Waals surface area contributed by atoms with Gasteiger partial charge in [-0.3, -0.25) is 14.3 Å². The summed E-state index contributed by atoms with van der Waals surface area (Å²) >= 11 is 0. The molecule has 0 aromatic carbocycles. The van der Waals surface area contributed by atoms with Gasteiger partial charge in [0.2, 0.25) is 0 Å². The number of nitrogens with zero attached hydrogens (tertiary/aromatic N) is 2. The van der Waals surface area contributed by atoms with Gasteiger partial charge in [-0.1, -0.05) is 0 Å². The molecule has 1 heterocycles. The Hall–Kier alpha value is -1.92. The number of rotatable bonds is 3. The molecule has 1 aromatic rings. The fourth-order valence-electron chi connectivity index (χ4n) is 0.988. The Balaban J connectivity index is 3.09. The van der Waals surface area contributed by atoms with E-state index in [1.165, 1.54) is 19.2 Å². The predicted molar refractivity (Wildman–Crippen MR) is 48.8 cm³/mol. The summed E-state index contributed by atoms with van der Waals surface area (Å²) in [6, 6.07) is 1.33. The molecule has 0 radical (unpaired) electrons. The van der Waals surface area contributed by atoms with Gasteiger partial charge in [-0.2, -0.15) is 0 Å². The van der Waals surface area contributed by atoms with Crippen LogP contribution in [-0.4, -0.2) is 26.9 Å². The molecule has 6 nitrogen and oxygen atoms in total. The number of hydrogen-bond donors (Lipinski definition) is 2. The van der Waals surface area contributed by atoms with Crippen molar-refractivity contribution in [1.29, 1.82) is 0 Å². The van der Waals surface area contributed by atoms with Gasteiger partial charge in [0.15, 0.2) is 6.30 Å². The van der Waals surface area contributed by atoms with E-state index in [9.17, 15) is 14.0 Å². The topological polar surface area (TPSA) is 87.4 Å². The molecule has 0 fully saturated rings. The Morgan fingerprint density at radius 1 is 1.80 bits per heavy atom. The highest BCUT2D eigenvalue weighted by Crippen LogP contribution is 1.85. The van der Waals surface area contributed by atoms with Gasteiger partial charge in [0.25, 0.3) is 0 Å². The number of aromatic amines is 1. The molecule has 0 spiro atoms. The molecular weight excluding hydrogens is 205 g/mol. The molecule has 15 heavy (non-hydrogen) atoms. The van der Waals surface area contributed by atoms with Crippen LogP contribution < -0.4 is 11.2 Å². The van der Waals surface area contributed by atoms with E-state index in [0.717, 1.165) is 4.57 Å². The SMILES string of the molecule is CC(F)/N=c1/ccn(CC(=O)O)c(=O)[nH]1. The first-order valence-electron chi connectivity index (χ1n) is 4.18. The predicted octanol–water partition coefficient (Wildman–Crippen LogP) is -0.523. The summed E-state index contributed by atoms with van der Waals surface area (Å²) in [4.78, 5) is 27.3. The van der Waals surface area contributed by atoms with Crippen molar-refractivity contribution in [3.05, 3.63) is 28.2 Å². The largest absolute Gasteiger partial charge is 0.480 e. The van der Waals surface area contributed by atoms with Crippen molar-refractivity contribution in [2.24, 2.45) is 4.99 Å². The highest BCUT2D eigenvalue weighted by Gasteiger charge is 2.01. The highest BCUT2D eigenvalue weighted by atomic mass is 19.1. The van der Waals surface area contributed by atoms with E-state index in [1.54, 1.807) is 0 Å². The summed E-state index contributed by atoms with van der Waals surface area (Å²) in [5.41, 5.74) is -0.559. The van der Waals surface area contributed by atoms with Gasteiger partial charge in [-0.25, -0.2) is 14.2 Å². The number of aromatic nitrogens is 2. The molecule has 0 amide bonds. The molecule has 82 valence electrons. The molecule has 0 aliphatic rings. The Kier molecular flexibility index (Phi) is 3.37. The Bertz CT molecular complexity index is 475. The van der Waals surface area contributed by atoms with Gasteiger partial charge in [-0.05, 0) is 13.0 Å². The fourth-order valence-corrected chi connectivity index (χ4v) is 0.988. The second-order valence-corrected chi connectivity index (χ2v) is 2.86. The van der Waals surface area contributed by atoms with Gasteiger partial charge >= 0.3 is 11.7 Å². The van der Waals surface area contributed by atoms with E-state index in [4.69, 9.17) is 5.11 Å². The molecule has 0 saturated carbocycles. The van der Waals surface area contributed by atoms with Crippen molar-refractivity contribution >= 4 is 5.97 Å². The first-order chi connectivity index (χ1) is 6.99. The molecule has 0 bridgehead atoms. The molecule has 1 unspecified atom stereocenters. The van der Waals surface area contributed by atoms with Crippen LogP contribution in [0.25, 0.3) is 0 Å². The van der Waals surface area contributed by atoms with Gasteiger partial charge < -0.3 is 5.11 Å². The zero-order valence-electron chi connectivity index (χ0n) is 7.98. The second-order valence-electron chi connectivity index (χ2n) is 2.86. The van der Waals surface area contributed by atoms with Crippen LogP contribution in [-0.2, 0) is 11.3 Å². The number of carbonyl (C=O) groups is 1. The monoisotopic (exact) mass is 215 g/mol. The summed E-state index contributed by atoms with van der Waals surface area (Å²) in [5.74, 6) is -1.13. The van der Waals surface area contributed by atoms with Crippen LogP contribution in [0.3, 0.4) is 0 Å². The fraction of sp³-hybridized carbons (Fsp3) is 0.375. The standard InChI is InChI=1S/C8H10FN3O3/c1-5(9)10-6-2-3-12(4-7(13)14)8(15)11-6/h2-3,5H,4H2,1H3,(H,13,14)(H,10,11,15). The third-order valence-corrected chi connectivity index (χ3v) is 1.53. The van der Waals surface area contributed by atoms with Gasteiger partial charge in [0.1, 0.15) is 12.0 Å². The van der Waals surface area contributed by atoms with Crippen LogP contribution in [0.15, 0.2) is 22.1 Å². The van der Waals surface area contributed by atoms with Crippen LogP contribution in [0.1, 0.15) is 6.92 Å². The number of halogens is 1. The maximum absolute atomic E-state index is 12.4. The normalized spacial score (nSPS) is 13.9. The number of nitrogens with one attached hydrogen (secondary N) is 1. The molecular formula is C8H10FN3O3. The van der Waals surface area contributed by atoms with E-state index in [2.05, 4.69) is 9.98 Å². The third-order valence-electron chi connectivity index (χ3n) is 1.53. The summed E-state index contributed by atoms with van der Waals surface area (Å²) in [6.07, 6.45) is -0.176. The lowest BCUT2D eigenvalue weighted by atomic mass is 10.5. The van der Waals surface area contributed by atoms with Crippen molar-refractivity contribution in [3.63, 3.8) is 0 Å². The Morgan fingerprint density at radius 3 is 2.93 bits per heavy atom. The summed E-state index contributed by atoms with van der Waals surface area (Å²) < 4.78 is 13.4. The number of alkyl halides is 1. The number of aliphatic carboxylic acids is 1. The first kappa shape index (κ1) is 11.2. The molecule has 0 aliphatic carbocycles. The molecule has 1 aromatic heterocycles. The van der Waals surface area contributed by atoms with Crippen molar-refractivity contribution in [1.82, 2.24) is 9.55 Å². The highest BCUT2D eigenvalue weighted by molar-refractivity contribution is 5.66. The Labute approximate surface area is 83.7 Å². The van der Waals surface area contributed by atoms with Gasteiger partial charge in [-0.15, -0.1) is 0 Å². The van der Waals surface area contributed by atoms with Crippen molar-refractivity contribution in [2.45, 2.75) is 19.8 Å². The zero-order chi connectivity index (χ0) is 11.4. The van der Waals surface area contributed by atoms with Crippen LogP contribution >= 0.6 is 0 Å². The van der Waals surface area contributed by atoms with E-state index in [-0.39, 0.29) is 5.49 Å². The molecule has 0 saturated heterocycles. The summed E-state index contributed by atoms with van der Waals surface area (Å²) in [7, 11) is 0. The smallest absolute Gasteiger partial charge is 0.327 e. The van der Waals surface area contributed by atoms with E-state index in [1.807, 2.05) is 0 Å². The zero-order valence-corrected chi connectivity index (χ0v) is 7.98. The summed E-state index contributed by atoms with van der Waals surface area (Å²) in [5, 5.41) is 8.45. The number of carboxylic acid groups (broad SMARTS) is 1. The Morgan fingerprint density at radius 2 is 2.47 bits per heavy atom. The van der Waals surface area contributed by atoms with E-state index in [0.29, 0.717) is 0 Å². The maximum Gasteiger partial charge on any atom is 0.327 e. The molecule has 7 heteroatoms. The summed E-state index contributed by atoms with van der Waals surface area (Å²) in [6.45, 7) is 0.775. The van der Waals surface area contributed by atoms with Crippen molar-refractivity contribution in [2.75, 3.05) is 0 Å². The quantitative estimate of drug-likeness (QED) is 0.665. The van der Waals surface area contributed by atoms with E-state index >= 15 is 0 Å². The first-order valence-corrected chi connectivity index (χ1v) is 4.18. The molecule has 1 atom stereocenters. The average Bonchev–Trinajstić information content (AvgIpc) is 2.08. The minimum absolute atomic E-state index is 0.0802. The van der Waals surface area contributed by atoms with Gasteiger partial charge in [0.05, 0.1) is 0 Å². The average molecular weight is 215 g/mol.